The Morgan fingerprint density at radius 1 is 1.22 bits per heavy atom. The Morgan fingerprint density at radius 3 is 2.78 bits per heavy atom. The van der Waals surface area contributed by atoms with Crippen molar-refractivity contribution in [3.05, 3.63) is 41.6 Å². The van der Waals surface area contributed by atoms with E-state index >= 15 is 0 Å². The summed E-state index contributed by atoms with van der Waals surface area (Å²) in [6.07, 6.45) is 1.04. The summed E-state index contributed by atoms with van der Waals surface area (Å²) in [5, 5.41) is 7.04. The second-order valence-electron chi connectivity index (χ2n) is 3.99. The third-order valence-corrected chi connectivity index (χ3v) is 2.50. The number of nitrogens with one attached hydrogen (secondary N) is 1. The van der Waals surface area contributed by atoms with Crippen LogP contribution >= 0.6 is 0 Å². The fourth-order valence-corrected chi connectivity index (χ4v) is 1.57. The zero-order chi connectivity index (χ0) is 13.0. The lowest BCUT2D eigenvalue weighted by atomic mass is 10.1. The van der Waals surface area contributed by atoms with Gasteiger partial charge < -0.3 is 9.84 Å². The van der Waals surface area contributed by atoms with Gasteiger partial charge in [-0.15, -0.1) is 0 Å². The van der Waals surface area contributed by atoms with Crippen LogP contribution in [-0.4, -0.2) is 11.7 Å². The molecule has 1 N–H and O–H groups in total. The molecular formula is C13H14F2N2O. The number of hydrogen-bond donors (Lipinski definition) is 1. The third-order valence-electron chi connectivity index (χ3n) is 2.50. The van der Waals surface area contributed by atoms with Crippen molar-refractivity contribution in [1.29, 1.82) is 0 Å². The first kappa shape index (κ1) is 12.7. The average Bonchev–Trinajstić information content (AvgIpc) is 2.82. The quantitative estimate of drug-likeness (QED) is 0.831. The van der Waals surface area contributed by atoms with Crippen LogP contribution in [0.5, 0.6) is 0 Å². The van der Waals surface area contributed by atoms with E-state index in [4.69, 9.17) is 4.52 Å². The molecule has 2 rings (SSSR count). The van der Waals surface area contributed by atoms with Crippen LogP contribution in [0.15, 0.2) is 28.8 Å². The molecule has 0 bridgehead atoms. The summed E-state index contributed by atoms with van der Waals surface area (Å²) in [4.78, 5) is 0. The van der Waals surface area contributed by atoms with Gasteiger partial charge in [-0.25, -0.2) is 8.78 Å². The van der Waals surface area contributed by atoms with E-state index in [1.807, 2.05) is 0 Å². The van der Waals surface area contributed by atoms with Crippen LogP contribution in [0.2, 0.25) is 0 Å². The SMILES string of the molecule is CCCNCc1cc(-c2ccc(F)c(F)c2)on1. The van der Waals surface area contributed by atoms with Crippen molar-refractivity contribution in [3.8, 4) is 11.3 Å². The van der Waals surface area contributed by atoms with Crippen molar-refractivity contribution < 1.29 is 13.3 Å². The minimum absolute atomic E-state index is 0.433. The number of halogens is 2. The second-order valence-corrected chi connectivity index (χ2v) is 3.99. The lowest BCUT2D eigenvalue weighted by molar-refractivity contribution is 0.419. The Labute approximate surface area is 104 Å². The van der Waals surface area contributed by atoms with Crippen LogP contribution in [0.4, 0.5) is 8.78 Å². The molecule has 0 radical (unpaired) electrons. The summed E-state index contributed by atoms with van der Waals surface area (Å²) in [5.41, 5.74) is 1.21. The van der Waals surface area contributed by atoms with Gasteiger partial charge in [-0.1, -0.05) is 12.1 Å². The molecule has 0 fully saturated rings. The molecule has 0 saturated heterocycles. The number of rotatable bonds is 5. The van der Waals surface area contributed by atoms with Crippen molar-refractivity contribution in [3.63, 3.8) is 0 Å². The van der Waals surface area contributed by atoms with E-state index in [2.05, 4.69) is 17.4 Å². The van der Waals surface area contributed by atoms with E-state index in [0.29, 0.717) is 17.9 Å². The van der Waals surface area contributed by atoms with Gasteiger partial charge in [0.05, 0.1) is 5.69 Å². The molecular weight excluding hydrogens is 238 g/mol. The Hall–Kier alpha value is -1.75. The van der Waals surface area contributed by atoms with Gasteiger partial charge in [0.2, 0.25) is 0 Å². The maximum Gasteiger partial charge on any atom is 0.167 e. The van der Waals surface area contributed by atoms with Gasteiger partial charge in [0.1, 0.15) is 0 Å². The molecule has 1 aromatic heterocycles. The summed E-state index contributed by atoms with van der Waals surface area (Å²) in [6, 6.07) is 5.35. The average molecular weight is 252 g/mol. The number of nitrogens with zero attached hydrogens (tertiary/aromatic N) is 1. The van der Waals surface area contributed by atoms with Crippen molar-refractivity contribution in [2.75, 3.05) is 6.54 Å². The minimum Gasteiger partial charge on any atom is -0.356 e. The predicted octanol–water partition coefficient (Wildman–Crippen LogP) is 3.12. The number of benzene rings is 1. The topological polar surface area (TPSA) is 38.1 Å². The lowest BCUT2D eigenvalue weighted by Gasteiger charge is -1.97. The first-order valence-electron chi connectivity index (χ1n) is 5.82. The largest absolute Gasteiger partial charge is 0.356 e. The Bertz CT molecular complexity index is 525. The van der Waals surface area contributed by atoms with Gasteiger partial charge >= 0.3 is 0 Å². The monoisotopic (exact) mass is 252 g/mol. The zero-order valence-corrected chi connectivity index (χ0v) is 10.0. The van der Waals surface area contributed by atoms with Crippen molar-refractivity contribution in [2.24, 2.45) is 0 Å². The highest BCUT2D eigenvalue weighted by Gasteiger charge is 2.09. The summed E-state index contributed by atoms with van der Waals surface area (Å²) in [7, 11) is 0. The first-order chi connectivity index (χ1) is 8.70. The normalized spacial score (nSPS) is 10.8. The standard InChI is InChI=1S/C13H14F2N2O/c1-2-5-16-8-10-7-13(18-17-10)9-3-4-11(14)12(15)6-9/h3-4,6-7,16H,2,5,8H2,1H3. The van der Waals surface area contributed by atoms with E-state index in [-0.39, 0.29) is 0 Å². The number of aromatic nitrogens is 1. The fraction of sp³-hybridized carbons (Fsp3) is 0.308. The molecule has 96 valence electrons. The smallest absolute Gasteiger partial charge is 0.167 e. The minimum atomic E-state index is -0.894. The molecule has 0 unspecified atom stereocenters. The molecule has 0 atom stereocenters. The van der Waals surface area contributed by atoms with Gasteiger partial charge in [-0.05, 0) is 31.2 Å². The fourth-order valence-electron chi connectivity index (χ4n) is 1.57. The van der Waals surface area contributed by atoms with E-state index in [0.717, 1.165) is 30.8 Å². The second kappa shape index (κ2) is 5.73. The van der Waals surface area contributed by atoms with Crippen molar-refractivity contribution >= 4 is 0 Å². The maximum atomic E-state index is 13.1. The zero-order valence-electron chi connectivity index (χ0n) is 10.0. The van der Waals surface area contributed by atoms with Gasteiger partial charge in [0, 0.05) is 18.2 Å². The van der Waals surface area contributed by atoms with Crippen LogP contribution in [0.3, 0.4) is 0 Å². The van der Waals surface area contributed by atoms with Gasteiger partial charge in [-0.3, -0.25) is 0 Å². The summed E-state index contributed by atoms with van der Waals surface area (Å²) >= 11 is 0. The molecule has 0 saturated carbocycles. The van der Waals surface area contributed by atoms with Crippen LogP contribution in [0, 0.1) is 11.6 Å². The van der Waals surface area contributed by atoms with Crippen molar-refractivity contribution in [1.82, 2.24) is 10.5 Å². The molecule has 1 heterocycles. The third kappa shape index (κ3) is 2.92. The van der Waals surface area contributed by atoms with Gasteiger partial charge in [0.25, 0.3) is 0 Å². The highest BCUT2D eigenvalue weighted by atomic mass is 19.2. The maximum absolute atomic E-state index is 13.1. The lowest BCUT2D eigenvalue weighted by Crippen LogP contribution is -2.13. The Morgan fingerprint density at radius 2 is 2.06 bits per heavy atom. The summed E-state index contributed by atoms with van der Waals surface area (Å²) < 4.78 is 31.0. The van der Waals surface area contributed by atoms with E-state index in [1.165, 1.54) is 6.07 Å². The Kier molecular flexibility index (Phi) is 4.04. The predicted molar refractivity (Wildman–Crippen MR) is 63.9 cm³/mol. The molecule has 0 amide bonds. The highest BCUT2D eigenvalue weighted by molar-refractivity contribution is 5.57. The summed E-state index contributed by atoms with van der Waals surface area (Å²) in [6.45, 7) is 3.57. The molecule has 1 aromatic carbocycles. The molecule has 0 aliphatic heterocycles. The highest BCUT2D eigenvalue weighted by Crippen LogP contribution is 2.22. The molecule has 0 aliphatic rings. The van der Waals surface area contributed by atoms with Crippen LogP contribution in [0.1, 0.15) is 19.0 Å². The molecule has 2 aromatic rings. The van der Waals surface area contributed by atoms with E-state index in [1.54, 1.807) is 6.07 Å². The van der Waals surface area contributed by atoms with E-state index in [9.17, 15) is 8.78 Å². The van der Waals surface area contributed by atoms with Crippen molar-refractivity contribution in [2.45, 2.75) is 19.9 Å². The molecule has 18 heavy (non-hydrogen) atoms. The van der Waals surface area contributed by atoms with Crippen LogP contribution in [0.25, 0.3) is 11.3 Å². The van der Waals surface area contributed by atoms with Gasteiger partial charge in [-0.2, -0.15) is 0 Å². The Balaban J connectivity index is 2.11. The van der Waals surface area contributed by atoms with Gasteiger partial charge in [0.15, 0.2) is 17.4 Å². The van der Waals surface area contributed by atoms with Crippen LogP contribution < -0.4 is 5.32 Å². The summed E-state index contributed by atoms with van der Waals surface area (Å²) in [5.74, 6) is -1.33. The molecule has 3 nitrogen and oxygen atoms in total. The molecule has 0 aliphatic carbocycles. The molecule has 5 heteroatoms. The van der Waals surface area contributed by atoms with Crippen LogP contribution in [-0.2, 0) is 6.54 Å². The van der Waals surface area contributed by atoms with E-state index < -0.39 is 11.6 Å². The molecule has 0 spiro atoms. The first-order valence-corrected chi connectivity index (χ1v) is 5.82. The number of hydrogen-bond acceptors (Lipinski definition) is 3.